The highest BCUT2D eigenvalue weighted by Gasteiger charge is 2.28. The SMILES string of the molecule is C#C[C@@](O)(c1ccccc1)c1ccncc1. The van der Waals surface area contributed by atoms with Gasteiger partial charge in [0, 0.05) is 23.5 Å². The van der Waals surface area contributed by atoms with Crippen molar-refractivity contribution in [2.24, 2.45) is 0 Å². The van der Waals surface area contributed by atoms with E-state index in [-0.39, 0.29) is 0 Å². The number of hydrogen-bond acceptors (Lipinski definition) is 2. The molecule has 0 aliphatic carbocycles. The first-order valence-electron chi connectivity index (χ1n) is 4.93. The van der Waals surface area contributed by atoms with E-state index in [2.05, 4.69) is 10.9 Å². The van der Waals surface area contributed by atoms with E-state index in [1.54, 1.807) is 36.7 Å². The molecule has 2 nitrogen and oxygen atoms in total. The van der Waals surface area contributed by atoms with E-state index < -0.39 is 5.60 Å². The van der Waals surface area contributed by atoms with Crippen molar-refractivity contribution in [1.29, 1.82) is 0 Å². The molecule has 1 aromatic carbocycles. The standard InChI is InChI=1S/C14H11NO/c1-2-14(16,12-6-4-3-5-7-12)13-8-10-15-11-9-13/h1,3-11,16H/t14-/m1/s1. The maximum absolute atomic E-state index is 10.5. The van der Waals surface area contributed by atoms with Crippen LogP contribution in [0.3, 0.4) is 0 Å². The number of pyridine rings is 1. The highest BCUT2D eigenvalue weighted by Crippen LogP contribution is 2.27. The van der Waals surface area contributed by atoms with Crippen molar-refractivity contribution in [2.45, 2.75) is 5.60 Å². The molecule has 0 spiro atoms. The Hall–Kier alpha value is -2.11. The zero-order chi connectivity index (χ0) is 11.4. The summed E-state index contributed by atoms with van der Waals surface area (Å²) in [5.74, 6) is 2.44. The van der Waals surface area contributed by atoms with E-state index in [1.165, 1.54) is 0 Å². The lowest BCUT2D eigenvalue weighted by atomic mass is 9.88. The third-order valence-corrected chi connectivity index (χ3v) is 2.50. The Morgan fingerprint density at radius 2 is 1.56 bits per heavy atom. The Kier molecular flexibility index (Phi) is 2.72. The minimum Gasteiger partial charge on any atom is -0.369 e. The van der Waals surface area contributed by atoms with E-state index in [0.717, 1.165) is 0 Å². The van der Waals surface area contributed by atoms with Gasteiger partial charge in [-0.15, -0.1) is 6.42 Å². The van der Waals surface area contributed by atoms with Crippen LogP contribution in [0.25, 0.3) is 0 Å². The van der Waals surface area contributed by atoms with E-state index in [0.29, 0.717) is 11.1 Å². The van der Waals surface area contributed by atoms with E-state index in [4.69, 9.17) is 6.42 Å². The lowest BCUT2D eigenvalue weighted by Gasteiger charge is -2.22. The van der Waals surface area contributed by atoms with E-state index >= 15 is 0 Å². The summed E-state index contributed by atoms with van der Waals surface area (Å²) < 4.78 is 0. The van der Waals surface area contributed by atoms with E-state index in [9.17, 15) is 5.11 Å². The molecule has 0 radical (unpaired) electrons. The molecule has 78 valence electrons. The van der Waals surface area contributed by atoms with Gasteiger partial charge < -0.3 is 5.11 Å². The first kappa shape index (κ1) is 10.4. The van der Waals surface area contributed by atoms with Crippen LogP contribution >= 0.6 is 0 Å². The fraction of sp³-hybridized carbons (Fsp3) is 0.0714. The zero-order valence-corrected chi connectivity index (χ0v) is 8.67. The molecule has 0 aliphatic rings. The molecule has 0 fully saturated rings. The van der Waals surface area contributed by atoms with Crippen LogP contribution in [0.2, 0.25) is 0 Å². The van der Waals surface area contributed by atoms with Gasteiger partial charge in [0.2, 0.25) is 0 Å². The Morgan fingerprint density at radius 3 is 2.12 bits per heavy atom. The molecule has 1 N–H and O–H groups in total. The maximum Gasteiger partial charge on any atom is 0.176 e. The molecule has 0 saturated carbocycles. The van der Waals surface area contributed by atoms with Crippen molar-refractivity contribution >= 4 is 0 Å². The molecule has 0 bridgehead atoms. The number of aliphatic hydroxyl groups is 1. The van der Waals surface area contributed by atoms with Crippen LogP contribution in [-0.4, -0.2) is 10.1 Å². The van der Waals surface area contributed by atoms with Gasteiger partial charge in [-0.2, -0.15) is 0 Å². The summed E-state index contributed by atoms with van der Waals surface area (Å²) in [6.07, 6.45) is 8.67. The topological polar surface area (TPSA) is 33.1 Å². The summed E-state index contributed by atoms with van der Waals surface area (Å²) in [6.45, 7) is 0. The molecule has 2 aromatic rings. The van der Waals surface area contributed by atoms with Gasteiger partial charge in [-0.25, -0.2) is 0 Å². The summed E-state index contributed by atoms with van der Waals surface area (Å²) in [5.41, 5.74) is -0.0515. The number of hydrogen-bond donors (Lipinski definition) is 1. The number of benzene rings is 1. The molecule has 2 rings (SSSR count). The average molecular weight is 209 g/mol. The van der Waals surface area contributed by atoms with Crippen LogP contribution in [0.4, 0.5) is 0 Å². The minimum atomic E-state index is -1.38. The fourth-order valence-corrected chi connectivity index (χ4v) is 1.61. The maximum atomic E-state index is 10.5. The van der Waals surface area contributed by atoms with Crippen LogP contribution in [0.1, 0.15) is 11.1 Å². The summed E-state index contributed by atoms with van der Waals surface area (Å²) in [6, 6.07) is 12.6. The second kappa shape index (κ2) is 4.18. The third-order valence-electron chi connectivity index (χ3n) is 2.50. The monoisotopic (exact) mass is 209 g/mol. The molecule has 0 amide bonds. The smallest absolute Gasteiger partial charge is 0.176 e. The lowest BCUT2D eigenvalue weighted by Crippen LogP contribution is -2.24. The van der Waals surface area contributed by atoms with E-state index in [1.807, 2.05) is 18.2 Å². The molecule has 1 atom stereocenters. The van der Waals surface area contributed by atoms with Crippen molar-refractivity contribution in [2.75, 3.05) is 0 Å². The van der Waals surface area contributed by atoms with Gasteiger partial charge >= 0.3 is 0 Å². The van der Waals surface area contributed by atoms with Gasteiger partial charge in [-0.1, -0.05) is 36.3 Å². The van der Waals surface area contributed by atoms with Gasteiger partial charge in [0.05, 0.1) is 0 Å². The quantitative estimate of drug-likeness (QED) is 0.767. The second-order valence-electron chi connectivity index (χ2n) is 3.46. The molecule has 0 unspecified atom stereocenters. The van der Waals surface area contributed by atoms with Crippen molar-refractivity contribution in [3.05, 3.63) is 66.0 Å². The highest BCUT2D eigenvalue weighted by atomic mass is 16.3. The zero-order valence-electron chi connectivity index (χ0n) is 8.67. The third kappa shape index (κ3) is 1.69. The van der Waals surface area contributed by atoms with Gasteiger partial charge in [0.1, 0.15) is 0 Å². The normalized spacial score (nSPS) is 13.8. The number of rotatable bonds is 2. The van der Waals surface area contributed by atoms with Crippen LogP contribution in [0.5, 0.6) is 0 Å². The van der Waals surface area contributed by atoms with Crippen molar-refractivity contribution in [3.63, 3.8) is 0 Å². The van der Waals surface area contributed by atoms with Gasteiger partial charge in [-0.3, -0.25) is 4.98 Å². The molecule has 1 aromatic heterocycles. The summed E-state index contributed by atoms with van der Waals surface area (Å²) in [5, 5.41) is 10.5. The van der Waals surface area contributed by atoms with Crippen LogP contribution < -0.4 is 0 Å². The summed E-state index contributed by atoms with van der Waals surface area (Å²) >= 11 is 0. The largest absolute Gasteiger partial charge is 0.369 e. The molecule has 0 saturated heterocycles. The van der Waals surface area contributed by atoms with Crippen LogP contribution in [0.15, 0.2) is 54.9 Å². The van der Waals surface area contributed by atoms with Crippen molar-refractivity contribution in [3.8, 4) is 12.3 Å². The van der Waals surface area contributed by atoms with Crippen LogP contribution in [-0.2, 0) is 5.60 Å². The Bertz CT molecular complexity index is 460. The van der Waals surface area contributed by atoms with Gasteiger partial charge in [-0.05, 0) is 12.1 Å². The van der Waals surface area contributed by atoms with Gasteiger partial charge in [0.15, 0.2) is 5.60 Å². The molecule has 1 heterocycles. The molecule has 0 aliphatic heterocycles. The number of nitrogens with zero attached hydrogens (tertiary/aromatic N) is 1. The van der Waals surface area contributed by atoms with Crippen molar-refractivity contribution in [1.82, 2.24) is 4.98 Å². The highest BCUT2D eigenvalue weighted by molar-refractivity contribution is 5.42. The Balaban J connectivity index is 2.55. The molecular formula is C14H11NO. The second-order valence-corrected chi connectivity index (χ2v) is 3.46. The van der Waals surface area contributed by atoms with Crippen LogP contribution in [0, 0.1) is 12.3 Å². The first-order valence-corrected chi connectivity index (χ1v) is 4.93. The molecule has 2 heteroatoms. The average Bonchev–Trinajstić information content (AvgIpc) is 2.40. The molecule has 16 heavy (non-hydrogen) atoms. The minimum absolute atomic E-state index is 0.649. The summed E-state index contributed by atoms with van der Waals surface area (Å²) in [7, 11) is 0. The molecular weight excluding hydrogens is 198 g/mol. The predicted octanol–water partition coefficient (Wildman–Crippen LogP) is 1.95. The Morgan fingerprint density at radius 1 is 1.00 bits per heavy atom. The number of aromatic nitrogens is 1. The first-order chi connectivity index (χ1) is 7.77. The Labute approximate surface area is 94.6 Å². The predicted molar refractivity (Wildman–Crippen MR) is 62.5 cm³/mol. The number of terminal acetylenes is 1. The lowest BCUT2D eigenvalue weighted by molar-refractivity contribution is 0.145. The van der Waals surface area contributed by atoms with Crippen molar-refractivity contribution < 1.29 is 5.11 Å². The fourth-order valence-electron chi connectivity index (χ4n) is 1.61. The summed E-state index contributed by atoms with van der Waals surface area (Å²) in [4.78, 5) is 3.91. The van der Waals surface area contributed by atoms with Gasteiger partial charge in [0.25, 0.3) is 0 Å².